The monoisotopic (exact) mass is 359 g/mol. The van der Waals surface area contributed by atoms with Gasteiger partial charge >= 0.3 is 5.97 Å². The van der Waals surface area contributed by atoms with Crippen molar-refractivity contribution in [2.24, 2.45) is 0 Å². The molecular weight excluding hydrogens is 345 g/mol. The third-order valence-electron chi connectivity index (χ3n) is 3.21. The molecule has 1 amide bonds. The smallest absolute Gasteiger partial charge is 0.320 e. The van der Waals surface area contributed by atoms with Crippen LogP contribution in [0.15, 0.2) is 24.3 Å². The van der Waals surface area contributed by atoms with Crippen molar-refractivity contribution in [1.29, 1.82) is 0 Å². The summed E-state index contributed by atoms with van der Waals surface area (Å²) in [6.07, 6.45) is 3.11. The molecule has 118 valence electrons. The van der Waals surface area contributed by atoms with Crippen LogP contribution in [-0.2, 0) is 14.3 Å². The fourth-order valence-electron chi connectivity index (χ4n) is 2.03. The van der Waals surface area contributed by atoms with Crippen LogP contribution >= 0.6 is 35.0 Å². The van der Waals surface area contributed by atoms with Gasteiger partial charge < -0.3 is 9.64 Å². The zero-order chi connectivity index (χ0) is 16.1. The Kier molecular flexibility index (Phi) is 6.17. The standard InChI is InChI=1S/C15H15Cl2NO3S/c1-21-15(20)13-9-18(6-7-22-13)14(19)5-3-10-2-4-11(16)8-12(10)17/h2-5,8,13H,6-7,9H2,1H3/b5-3+/t13-/m1/s1. The first-order chi connectivity index (χ1) is 10.5. The molecule has 1 saturated heterocycles. The van der Waals surface area contributed by atoms with Crippen LogP contribution in [-0.4, -0.2) is 48.0 Å². The number of halogens is 2. The number of thioether (sulfide) groups is 1. The van der Waals surface area contributed by atoms with Gasteiger partial charge in [0.1, 0.15) is 5.25 Å². The fourth-order valence-corrected chi connectivity index (χ4v) is 3.63. The quantitative estimate of drug-likeness (QED) is 0.614. The van der Waals surface area contributed by atoms with Crippen molar-refractivity contribution in [1.82, 2.24) is 4.90 Å². The number of nitrogens with zero attached hydrogens (tertiary/aromatic N) is 1. The molecule has 22 heavy (non-hydrogen) atoms. The molecule has 1 atom stereocenters. The Morgan fingerprint density at radius 1 is 1.41 bits per heavy atom. The van der Waals surface area contributed by atoms with Crippen LogP contribution < -0.4 is 0 Å². The van der Waals surface area contributed by atoms with Crippen LogP contribution in [0.1, 0.15) is 5.56 Å². The second-order valence-electron chi connectivity index (χ2n) is 4.67. The van der Waals surface area contributed by atoms with Gasteiger partial charge in [-0.15, -0.1) is 11.8 Å². The summed E-state index contributed by atoms with van der Waals surface area (Å²) in [5.74, 6) is 0.258. The van der Waals surface area contributed by atoms with E-state index in [-0.39, 0.29) is 17.1 Å². The summed E-state index contributed by atoms with van der Waals surface area (Å²) < 4.78 is 4.73. The molecule has 0 spiro atoms. The SMILES string of the molecule is COC(=O)[C@H]1CN(C(=O)/C=C/c2ccc(Cl)cc2Cl)CCS1. The van der Waals surface area contributed by atoms with Gasteiger partial charge in [0.15, 0.2) is 0 Å². The van der Waals surface area contributed by atoms with Gasteiger partial charge in [0.05, 0.1) is 7.11 Å². The second-order valence-corrected chi connectivity index (χ2v) is 6.82. The molecule has 0 radical (unpaired) electrons. The molecule has 0 unspecified atom stereocenters. The van der Waals surface area contributed by atoms with Crippen molar-refractivity contribution in [3.05, 3.63) is 39.9 Å². The third-order valence-corrected chi connectivity index (χ3v) is 4.93. The van der Waals surface area contributed by atoms with E-state index >= 15 is 0 Å². The number of rotatable bonds is 3. The average molecular weight is 360 g/mol. The van der Waals surface area contributed by atoms with E-state index in [0.717, 1.165) is 5.56 Å². The summed E-state index contributed by atoms with van der Waals surface area (Å²) in [5, 5.41) is 0.704. The number of ether oxygens (including phenoxy) is 1. The largest absolute Gasteiger partial charge is 0.468 e. The molecule has 1 aliphatic heterocycles. The van der Waals surface area contributed by atoms with Crippen LogP contribution in [0.2, 0.25) is 10.0 Å². The molecule has 1 aromatic rings. The Hall–Kier alpha value is -1.17. The molecule has 1 heterocycles. The van der Waals surface area contributed by atoms with Crippen LogP contribution in [0.4, 0.5) is 0 Å². The molecule has 0 bridgehead atoms. The lowest BCUT2D eigenvalue weighted by atomic mass is 10.2. The highest BCUT2D eigenvalue weighted by molar-refractivity contribution is 8.00. The first-order valence-corrected chi connectivity index (χ1v) is 8.43. The molecule has 0 saturated carbocycles. The highest BCUT2D eigenvalue weighted by Crippen LogP contribution is 2.23. The summed E-state index contributed by atoms with van der Waals surface area (Å²) >= 11 is 13.4. The van der Waals surface area contributed by atoms with Gasteiger partial charge in [0.2, 0.25) is 5.91 Å². The summed E-state index contributed by atoms with van der Waals surface area (Å²) in [5.41, 5.74) is 0.718. The Bertz CT molecular complexity index is 606. The van der Waals surface area contributed by atoms with E-state index in [1.807, 2.05) is 0 Å². The maximum Gasteiger partial charge on any atom is 0.320 e. The number of benzene rings is 1. The van der Waals surface area contributed by atoms with E-state index < -0.39 is 0 Å². The molecule has 7 heteroatoms. The van der Waals surface area contributed by atoms with E-state index in [0.29, 0.717) is 28.9 Å². The minimum Gasteiger partial charge on any atom is -0.468 e. The number of amides is 1. The van der Waals surface area contributed by atoms with Gasteiger partial charge in [-0.3, -0.25) is 9.59 Å². The van der Waals surface area contributed by atoms with E-state index in [9.17, 15) is 9.59 Å². The highest BCUT2D eigenvalue weighted by Gasteiger charge is 2.28. The number of hydrogen-bond donors (Lipinski definition) is 0. The summed E-state index contributed by atoms with van der Waals surface area (Å²) in [6.45, 7) is 0.963. The van der Waals surface area contributed by atoms with Gasteiger partial charge in [0.25, 0.3) is 0 Å². The van der Waals surface area contributed by atoms with Crippen LogP contribution in [0.3, 0.4) is 0 Å². The number of methoxy groups -OCH3 is 1. The molecule has 4 nitrogen and oxygen atoms in total. The molecule has 1 fully saturated rings. The van der Waals surface area contributed by atoms with E-state index in [4.69, 9.17) is 27.9 Å². The molecule has 1 aliphatic rings. The maximum absolute atomic E-state index is 12.2. The Balaban J connectivity index is 2.02. The van der Waals surface area contributed by atoms with Crippen molar-refractivity contribution in [3.8, 4) is 0 Å². The predicted octanol–water partition coefficient (Wildman–Crippen LogP) is 3.12. The number of carbonyl (C=O) groups is 2. The molecule has 0 aromatic heterocycles. The lowest BCUT2D eigenvalue weighted by molar-refractivity contribution is -0.140. The van der Waals surface area contributed by atoms with Crippen molar-refractivity contribution in [2.75, 3.05) is 26.0 Å². The molecular formula is C15H15Cl2NO3S. The lowest BCUT2D eigenvalue weighted by Crippen LogP contribution is -2.44. The molecule has 0 N–H and O–H groups in total. The third kappa shape index (κ3) is 4.41. The molecule has 1 aromatic carbocycles. The first kappa shape index (κ1) is 17.2. The van der Waals surface area contributed by atoms with Crippen molar-refractivity contribution in [2.45, 2.75) is 5.25 Å². The predicted molar refractivity (Wildman–Crippen MR) is 90.3 cm³/mol. The first-order valence-electron chi connectivity index (χ1n) is 6.62. The Morgan fingerprint density at radius 2 is 2.18 bits per heavy atom. The van der Waals surface area contributed by atoms with Crippen molar-refractivity contribution >= 4 is 52.9 Å². The molecule has 2 rings (SSSR count). The van der Waals surface area contributed by atoms with Crippen LogP contribution in [0, 0.1) is 0 Å². The van der Waals surface area contributed by atoms with Crippen LogP contribution in [0.25, 0.3) is 6.08 Å². The lowest BCUT2D eigenvalue weighted by Gasteiger charge is -2.30. The average Bonchev–Trinajstić information content (AvgIpc) is 2.53. The van der Waals surface area contributed by atoms with Crippen LogP contribution in [0.5, 0.6) is 0 Å². The number of esters is 1. The van der Waals surface area contributed by atoms with Crippen molar-refractivity contribution < 1.29 is 14.3 Å². The second kappa shape index (κ2) is 7.90. The van der Waals surface area contributed by atoms with Gasteiger partial charge in [0, 0.05) is 35.0 Å². The number of hydrogen-bond acceptors (Lipinski definition) is 4. The zero-order valence-corrected chi connectivity index (χ0v) is 14.2. The normalized spacial score (nSPS) is 18.5. The summed E-state index contributed by atoms with van der Waals surface area (Å²) in [6, 6.07) is 5.08. The summed E-state index contributed by atoms with van der Waals surface area (Å²) in [4.78, 5) is 25.4. The summed E-state index contributed by atoms with van der Waals surface area (Å²) in [7, 11) is 1.35. The maximum atomic E-state index is 12.2. The molecule has 0 aliphatic carbocycles. The van der Waals surface area contributed by atoms with E-state index in [1.165, 1.54) is 24.9 Å². The Labute approximate surface area is 143 Å². The highest BCUT2D eigenvalue weighted by atomic mass is 35.5. The van der Waals surface area contributed by atoms with Gasteiger partial charge in [-0.1, -0.05) is 29.3 Å². The minimum atomic E-state index is -0.324. The van der Waals surface area contributed by atoms with E-state index in [2.05, 4.69) is 0 Å². The van der Waals surface area contributed by atoms with Crippen molar-refractivity contribution in [3.63, 3.8) is 0 Å². The Morgan fingerprint density at radius 3 is 2.86 bits per heavy atom. The van der Waals surface area contributed by atoms with Gasteiger partial charge in [-0.25, -0.2) is 0 Å². The van der Waals surface area contributed by atoms with E-state index in [1.54, 1.807) is 29.2 Å². The van der Waals surface area contributed by atoms with Gasteiger partial charge in [-0.05, 0) is 23.8 Å². The topological polar surface area (TPSA) is 46.6 Å². The minimum absolute atomic E-state index is 0.153. The number of carbonyl (C=O) groups excluding carboxylic acids is 2. The zero-order valence-electron chi connectivity index (χ0n) is 11.9. The fraction of sp³-hybridized carbons (Fsp3) is 0.333. The van der Waals surface area contributed by atoms with Gasteiger partial charge in [-0.2, -0.15) is 0 Å².